The Kier molecular flexibility index (Phi) is 4.28. The summed E-state index contributed by atoms with van der Waals surface area (Å²) in [5, 5.41) is 10.0. The van der Waals surface area contributed by atoms with Crippen LogP contribution < -0.4 is 0 Å². The molecule has 2 aromatic heterocycles. The molecule has 4 aromatic rings. The van der Waals surface area contributed by atoms with Crippen LogP contribution in [0.5, 0.6) is 0 Å². The fourth-order valence-electron chi connectivity index (χ4n) is 4.29. The molecule has 0 unspecified atom stereocenters. The quantitative estimate of drug-likeness (QED) is 0.550. The Labute approximate surface area is 173 Å². The van der Waals surface area contributed by atoms with Crippen molar-refractivity contribution in [3.8, 4) is 11.4 Å². The molecule has 152 valence electrons. The Morgan fingerprint density at radius 1 is 0.967 bits per heavy atom. The summed E-state index contributed by atoms with van der Waals surface area (Å²) in [7, 11) is 0. The van der Waals surface area contributed by atoms with E-state index in [-0.39, 0.29) is 0 Å². The minimum Gasteiger partial charge on any atom is -0.476 e. The number of hydrogen-bond donors (Lipinski definition) is 2. The number of aliphatic imine (C=N–C) groups is 1. The van der Waals surface area contributed by atoms with Crippen LogP contribution in [-0.4, -0.2) is 65.4 Å². The molecule has 0 atom stereocenters. The second kappa shape index (κ2) is 7.27. The van der Waals surface area contributed by atoms with Crippen molar-refractivity contribution in [3.63, 3.8) is 0 Å². The van der Waals surface area contributed by atoms with Gasteiger partial charge in [-0.15, -0.1) is 0 Å². The number of fused-ring (bicyclic) bond motifs is 2. The number of rotatable bonds is 4. The second-order valence-corrected chi connectivity index (χ2v) is 7.86. The van der Waals surface area contributed by atoms with Gasteiger partial charge in [0.05, 0.1) is 31.0 Å². The van der Waals surface area contributed by atoms with E-state index in [4.69, 9.17) is 9.47 Å². The molecule has 7 nitrogen and oxygen atoms in total. The molecule has 0 radical (unpaired) electrons. The first-order chi connectivity index (χ1) is 14.8. The molecule has 4 heterocycles. The van der Waals surface area contributed by atoms with Gasteiger partial charge in [-0.3, -0.25) is 10.00 Å². The highest BCUT2D eigenvalue weighted by molar-refractivity contribution is 6.01. The van der Waals surface area contributed by atoms with E-state index in [0.29, 0.717) is 12.5 Å². The van der Waals surface area contributed by atoms with Crippen LogP contribution in [0.25, 0.3) is 33.2 Å². The molecule has 30 heavy (non-hydrogen) atoms. The topological polar surface area (TPSA) is 78.5 Å². The number of benzene rings is 2. The highest BCUT2D eigenvalue weighted by Gasteiger charge is 2.16. The number of morpholine rings is 1. The van der Waals surface area contributed by atoms with Crippen LogP contribution in [-0.2, 0) is 16.0 Å². The average Bonchev–Trinajstić information content (AvgIpc) is 3.52. The molecule has 6 rings (SSSR count). The van der Waals surface area contributed by atoms with Crippen molar-refractivity contribution in [1.82, 2.24) is 20.1 Å². The first-order valence-corrected chi connectivity index (χ1v) is 10.4. The van der Waals surface area contributed by atoms with Crippen molar-refractivity contribution in [1.29, 1.82) is 0 Å². The number of H-pyrrole nitrogens is 2. The zero-order valence-corrected chi connectivity index (χ0v) is 16.6. The Morgan fingerprint density at radius 3 is 2.77 bits per heavy atom. The Morgan fingerprint density at radius 2 is 1.90 bits per heavy atom. The van der Waals surface area contributed by atoms with Gasteiger partial charge < -0.3 is 14.5 Å². The standard InChI is InChI=1S/C23H23N5O2/c1-4-19-17(11-15(1)14-28-6-9-29-10-7-28)13-21(25-19)22-18-3-2-16(12-20(18)26-27-22)23-24-5-8-30-23/h1-4,11-13,25H,5-10,14H2,(H,26,27). The summed E-state index contributed by atoms with van der Waals surface area (Å²) in [6, 6.07) is 15.0. The third-order valence-electron chi connectivity index (χ3n) is 5.85. The molecule has 7 heteroatoms. The first-order valence-electron chi connectivity index (χ1n) is 10.4. The van der Waals surface area contributed by atoms with Gasteiger partial charge in [0.2, 0.25) is 5.90 Å². The molecule has 2 aliphatic rings. The van der Waals surface area contributed by atoms with E-state index in [0.717, 1.165) is 72.8 Å². The molecular formula is C23H23N5O2. The summed E-state index contributed by atoms with van der Waals surface area (Å²) in [6.07, 6.45) is 0. The maximum absolute atomic E-state index is 5.58. The van der Waals surface area contributed by atoms with Gasteiger partial charge in [0.15, 0.2) is 0 Å². The van der Waals surface area contributed by atoms with E-state index in [2.05, 4.69) is 67.5 Å². The number of aromatic amines is 2. The first kappa shape index (κ1) is 17.7. The predicted octanol–water partition coefficient (Wildman–Crippen LogP) is 3.32. The smallest absolute Gasteiger partial charge is 0.216 e. The van der Waals surface area contributed by atoms with Crippen LogP contribution in [0.1, 0.15) is 11.1 Å². The van der Waals surface area contributed by atoms with Crippen molar-refractivity contribution in [2.24, 2.45) is 4.99 Å². The van der Waals surface area contributed by atoms with Gasteiger partial charge in [-0.05, 0) is 42.0 Å². The van der Waals surface area contributed by atoms with Crippen LogP contribution in [0.2, 0.25) is 0 Å². The van der Waals surface area contributed by atoms with Crippen molar-refractivity contribution in [2.45, 2.75) is 6.54 Å². The molecular weight excluding hydrogens is 378 g/mol. The summed E-state index contributed by atoms with van der Waals surface area (Å²) in [6.45, 7) is 5.98. The van der Waals surface area contributed by atoms with Gasteiger partial charge in [0, 0.05) is 41.5 Å². The molecule has 1 saturated heterocycles. The molecule has 2 N–H and O–H groups in total. The van der Waals surface area contributed by atoms with Gasteiger partial charge >= 0.3 is 0 Å². The Bertz CT molecular complexity index is 1250. The normalized spacial score (nSPS) is 17.5. The summed E-state index contributed by atoms with van der Waals surface area (Å²) < 4.78 is 11.0. The summed E-state index contributed by atoms with van der Waals surface area (Å²) in [5.74, 6) is 0.714. The summed E-state index contributed by atoms with van der Waals surface area (Å²) in [4.78, 5) is 10.4. The van der Waals surface area contributed by atoms with E-state index >= 15 is 0 Å². The molecule has 2 aliphatic heterocycles. The third kappa shape index (κ3) is 3.16. The number of nitrogens with one attached hydrogen (secondary N) is 2. The molecule has 0 saturated carbocycles. The van der Waals surface area contributed by atoms with Gasteiger partial charge in [0.1, 0.15) is 12.3 Å². The Balaban J connectivity index is 1.31. The van der Waals surface area contributed by atoms with E-state index in [1.54, 1.807) is 0 Å². The zero-order chi connectivity index (χ0) is 19.9. The van der Waals surface area contributed by atoms with E-state index < -0.39 is 0 Å². The van der Waals surface area contributed by atoms with Crippen molar-refractivity contribution < 1.29 is 9.47 Å². The molecule has 1 fully saturated rings. The summed E-state index contributed by atoms with van der Waals surface area (Å²) >= 11 is 0. The Hall–Kier alpha value is -3.16. The van der Waals surface area contributed by atoms with E-state index in [9.17, 15) is 0 Å². The maximum atomic E-state index is 5.58. The molecule has 0 spiro atoms. The van der Waals surface area contributed by atoms with E-state index in [1.807, 2.05) is 0 Å². The van der Waals surface area contributed by atoms with Gasteiger partial charge in [-0.25, -0.2) is 4.99 Å². The number of nitrogens with zero attached hydrogens (tertiary/aromatic N) is 3. The molecule has 0 bridgehead atoms. The largest absolute Gasteiger partial charge is 0.476 e. The number of hydrogen-bond acceptors (Lipinski definition) is 5. The van der Waals surface area contributed by atoms with Gasteiger partial charge in [-0.1, -0.05) is 6.07 Å². The van der Waals surface area contributed by atoms with Crippen LogP contribution in [0.3, 0.4) is 0 Å². The van der Waals surface area contributed by atoms with Crippen LogP contribution in [0.15, 0.2) is 47.5 Å². The van der Waals surface area contributed by atoms with Crippen molar-refractivity contribution >= 4 is 27.7 Å². The lowest BCUT2D eigenvalue weighted by Crippen LogP contribution is -2.35. The second-order valence-electron chi connectivity index (χ2n) is 7.86. The summed E-state index contributed by atoms with van der Waals surface area (Å²) in [5.41, 5.74) is 6.35. The van der Waals surface area contributed by atoms with Crippen LogP contribution >= 0.6 is 0 Å². The highest BCUT2D eigenvalue weighted by atomic mass is 16.5. The average molecular weight is 401 g/mol. The monoisotopic (exact) mass is 401 g/mol. The predicted molar refractivity (Wildman–Crippen MR) is 117 cm³/mol. The van der Waals surface area contributed by atoms with Crippen LogP contribution in [0, 0.1) is 0 Å². The minimum atomic E-state index is 0.657. The maximum Gasteiger partial charge on any atom is 0.216 e. The lowest BCUT2D eigenvalue weighted by Gasteiger charge is -2.26. The highest BCUT2D eigenvalue weighted by Crippen LogP contribution is 2.30. The zero-order valence-electron chi connectivity index (χ0n) is 16.6. The minimum absolute atomic E-state index is 0.657. The van der Waals surface area contributed by atoms with Crippen LogP contribution in [0.4, 0.5) is 0 Å². The molecule has 2 aromatic carbocycles. The van der Waals surface area contributed by atoms with Crippen molar-refractivity contribution in [3.05, 3.63) is 53.6 Å². The van der Waals surface area contributed by atoms with Gasteiger partial charge in [0.25, 0.3) is 0 Å². The van der Waals surface area contributed by atoms with Gasteiger partial charge in [-0.2, -0.15) is 5.10 Å². The third-order valence-corrected chi connectivity index (χ3v) is 5.85. The number of ether oxygens (including phenoxy) is 2. The number of aromatic nitrogens is 3. The molecule has 0 aliphatic carbocycles. The van der Waals surface area contributed by atoms with E-state index in [1.165, 1.54) is 10.9 Å². The fourth-order valence-corrected chi connectivity index (χ4v) is 4.29. The lowest BCUT2D eigenvalue weighted by molar-refractivity contribution is 0.0342. The SMILES string of the molecule is c1cc2[nH]c(-c3n[nH]c4cc(C5=NCCO5)ccc34)cc2cc1CN1CCOCC1. The van der Waals surface area contributed by atoms with Crippen molar-refractivity contribution in [2.75, 3.05) is 39.5 Å². The lowest BCUT2D eigenvalue weighted by atomic mass is 10.1. The fraction of sp³-hybridized carbons (Fsp3) is 0.304. The molecule has 0 amide bonds.